The summed E-state index contributed by atoms with van der Waals surface area (Å²) in [5, 5.41) is 13.2. The highest BCUT2D eigenvalue weighted by atomic mass is 32.1. The minimum Gasteiger partial charge on any atom is -0.336 e. The second kappa shape index (κ2) is 8.66. The standard InChI is InChI=1S/C19H20F3N5OS/c1-26(2)17(13-6-9-29-12-13)11-23-18(28)25-15-10-14(19(20,21)22)4-5-16(15)27-8-3-7-24-27/h3-10,12,17H,11H2,1-2H3,(H2,23,25,28). The lowest BCUT2D eigenvalue weighted by molar-refractivity contribution is -0.137. The molecule has 6 nitrogen and oxygen atoms in total. The fourth-order valence-corrected chi connectivity index (χ4v) is 3.55. The number of rotatable bonds is 6. The molecule has 1 aromatic carbocycles. The normalized spacial score (nSPS) is 12.8. The summed E-state index contributed by atoms with van der Waals surface area (Å²) in [6.45, 7) is 0.297. The zero-order chi connectivity index (χ0) is 21.0. The third-order valence-corrected chi connectivity index (χ3v) is 5.03. The molecule has 0 saturated heterocycles. The van der Waals surface area contributed by atoms with Crippen molar-refractivity contribution in [2.24, 2.45) is 0 Å². The van der Waals surface area contributed by atoms with Gasteiger partial charge in [0, 0.05) is 18.9 Å². The number of amides is 2. The van der Waals surface area contributed by atoms with Gasteiger partial charge in [-0.1, -0.05) is 0 Å². The van der Waals surface area contributed by atoms with Crippen LogP contribution < -0.4 is 10.6 Å². The smallest absolute Gasteiger partial charge is 0.336 e. The summed E-state index contributed by atoms with van der Waals surface area (Å²) < 4.78 is 40.8. The summed E-state index contributed by atoms with van der Waals surface area (Å²) in [7, 11) is 3.79. The number of aromatic nitrogens is 2. The van der Waals surface area contributed by atoms with Crippen molar-refractivity contribution in [2.75, 3.05) is 26.0 Å². The van der Waals surface area contributed by atoms with Gasteiger partial charge in [-0.25, -0.2) is 9.48 Å². The first-order chi connectivity index (χ1) is 13.8. The van der Waals surface area contributed by atoms with Gasteiger partial charge in [-0.05, 0) is 60.8 Å². The van der Waals surface area contributed by atoms with Gasteiger partial charge in [-0.2, -0.15) is 29.6 Å². The van der Waals surface area contributed by atoms with Crippen molar-refractivity contribution in [1.29, 1.82) is 0 Å². The Hall–Kier alpha value is -2.85. The second-order valence-electron chi connectivity index (χ2n) is 6.55. The molecule has 0 radical (unpaired) electrons. The van der Waals surface area contributed by atoms with E-state index < -0.39 is 17.8 Å². The Labute approximate surface area is 170 Å². The van der Waals surface area contributed by atoms with E-state index in [1.165, 1.54) is 16.9 Å². The number of hydrogen-bond donors (Lipinski definition) is 2. The number of halogens is 3. The summed E-state index contributed by atoms with van der Waals surface area (Å²) >= 11 is 1.56. The lowest BCUT2D eigenvalue weighted by atomic mass is 10.1. The van der Waals surface area contributed by atoms with Gasteiger partial charge in [0.1, 0.15) is 0 Å². The van der Waals surface area contributed by atoms with E-state index in [4.69, 9.17) is 0 Å². The maximum atomic E-state index is 13.1. The molecule has 3 rings (SSSR count). The number of hydrogen-bond acceptors (Lipinski definition) is 4. The molecule has 0 bridgehead atoms. The predicted molar refractivity (Wildman–Crippen MR) is 106 cm³/mol. The van der Waals surface area contributed by atoms with Crippen LogP contribution in [0.1, 0.15) is 17.2 Å². The number of likely N-dealkylation sites (N-methyl/N-ethyl adjacent to an activating group) is 1. The molecule has 10 heteroatoms. The summed E-state index contributed by atoms with van der Waals surface area (Å²) in [6.07, 6.45) is -1.43. The fraction of sp³-hybridized carbons (Fsp3) is 0.263. The molecule has 29 heavy (non-hydrogen) atoms. The average molecular weight is 423 g/mol. The molecule has 1 atom stereocenters. The highest BCUT2D eigenvalue weighted by Crippen LogP contribution is 2.33. The third-order valence-electron chi connectivity index (χ3n) is 4.33. The maximum Gasteiger partial charge on any atom is 0.416 e. The van der Waals surface area contributed by atoms with Crippen LogP contribution in [-0.2, 0) is 6.18 Å². The van der Waals surface area contributed by atoms with E-state index in [0.29, 0.717) is 12.2 Å². The molecular formula is C19H20F3N5OS. The minimum atomic E-state index is -4.52. The molecule has 2 aromatic heterocycles. The second-order valence-corrected chi connectivity index (χ2v) is 7.33. The molecule has 0 fully saturated rings. The Bertz CT molecular complexity index is 939. The van der Waals surface area contributed by atoms with Crippen molar-refractivity contribution in [2.45, 2.75) is 12.2 Å². The molecule has 2 amide bonds. The summed E-state index contributed by atoms with van der Waals surface area (Å²) in [5.74, 6) is 0. The number of thiophene rings is 1. The van der Waals surface area contributed by atoms with Crippen molar-refractivity contribution in [3.63, 3.8) is 0 Å². The van der Waals surface area contributed by atoms with Crippen molar-refractivity contribution in [1.82, 2.24) is 20.0 Å². The van der Waals surface area contributed by atoms with Gasteiger partial charge in [0.25, 0.3) is 0 Å². The Morgan fingerprint density at radius 3 is 2.69 bits per heavy atom. The maximum absolute atomic E-state index is 13.1. The molecule has 3 aromatic rings. The van der Waals surface area contributed by atoms with E-state index in [1.807, 2.05) is 35.8 Å². The van der Waals surface area contributed by atoms with Crippen LogP contribution in [0.15, 0.2) is 53.5 Å². The van der Waals surface area contributed by atoms with E-state index >= 15 is 0 Å². The number of alkyl halides is 3. The Morgan fingerprint density at radius 1 is 1.31 bits per heavy atom. The van der Waals surface area contributed by atoms with E-state index in [2.05, 4.69) is 15.7 Å². The van der Waals surface area contributed by atoms with Crippen molar-refractivity contribution in [3.05, 3.63) is 64.6 Å². The summed E-state index contributed by atoms with van der Waals surface area (Å²) in [5.41, 5.74) is 0.544. The molecule has 0 aliphatic rings. The number of nitrogens with one attached hydrogen (secondary N) is 2. The first-order valence-corrected chi connectivity index (χ1v) is 9.64. The average Bonchev–Trinajstić information content (AvgIpc) is 3.35. The minimum absolute atomic E-state index is 0.0120. The zero-order valence-electron chi connectivity index (χ0n) is 15.8. The van der Waals surface area contributed by atoms with E-state index in [9.17, 15) is 18.0 Å². The first-order valence-electron chi connectivity index (χ1n) is 8.70. The van der Waals surface area contributed by atoms with E-state index in [-0.39, 0.29) is 11.7 Å². The monoisotopic (exact) mass is 423 g/mol. The van der Waals surface area contributed by atoms with Gasteiger partial charge in [0.2, 0.25) is 0 Å². The molecule has 0 spiro atoms. The van der Waals surface area contributed by atoms with Crippen LogP contribution >= 0.6 is 11.3 Å². The topological polar surface area (TPSA) is 62.2 Å². The fourth-order valence-electron chi connectivity index (χ4n) is 2.84. The van der Waals surface area contributed by atoms with Gasteiger partial charge in [-0.3, -0.25) is 0 Å². The molecule has 154 valence electrons. The van der Waals surface area contributed by atoms with Crippen LogP contribution in [0.25, 0.3) is 5.69 Å². The molecular weight excluding hydrogens is 403 g/mol. The van der Waals surface area contributed by atoms with Crippen LogP contribution in [0.3, 0.4) is 0 Å². The van der Waals surface area contributed by atoms with Crippen molar-refractivity contribution < 1.29 is 18.0 Å². The molecule has 1 unspecified atom stereocenters. The van der Waals surface area contributed by atoms with Gasteiger partial charge in [0.05, 0.1) is 23.0 Å². The van der Waals surface area contributed by atoms with Crippen LogP contribution in [0.2, 0.25) is 0 Å². The first kappa shape index (κ1) is 20.9. The third kappa shape index (κ3) is 5.15. The number of carbonyl (C=O) groups excluding carboxylic acids is 1. The van der Waals surface area contributed by atoms with Crippen LogP contribution in [0.5, 0.6) is 0 Å². The zero-order valence-corrected chi connectivity index (χ0v) is 16.6. The number of urea groups is 1. The van der Waals surface area contributed by atoms with Crippen molar-refractivity contribution >= 4 is 23.1 Å². The SMILES string of the molecule is CN(C)C(CNC(=O)Nc1cc(C(F)(F)F)ccc1-n1cccn1)c1ccsc1. The number of nitrogens with zero attached hydrogens (tertiary/aromatic N) is 3. The summed E-state index contributed by atoms with van der Waals surface area (Å²) in [6, 6.07) is 6.09. The lowest BCUT2D eigenvalue weighted by Crippen LogP contribution is -2.37. The molecule has 2 N–H and O–H groups in total. The van der Waals surface area contributed by atoms with Crippen molar-refractivity contribution in [3.8, 4) is 5.69 Å². The molecule has 0 aliphatic heterocycles. The number of carbonyl (C=O) groups is 1. The van der Waals surface area contributed by atoms with Gasteiger partial charge in [0.15, 0.2) is 0 Å². The van der Waals surface area contributed by atoms with Gasteiger partial charge < -0.3 is 15.5 Å². The quantitative estimate of drug-likeness (QED) is 0.619. The number of benzene rings is 1. The Kier molecular flexibility index (Phi) is 6.23. The molecule has 0 saturated carbocycles. The number of anilines is 1. The van der Waals surface area contributed by atoms with Gasteiger partial charge >= 0.3 is 12.2 Å². The highest BCUT2D eigenvalue weighted by molar-refractivity contribution is 7.07. The predicted octanol–water partition coefficient (Wildman–Crippen LogP) is 4.38. The largest absolute Gasteiger partial charge is 0.416 e. The highest BCUT2D eigenvalue weighted by Gasteiger charge is 2.31. The van der Waals surface area contributed by atoms with Crippen LogP contribution in [0, 0.1) is 0 Å². The Morgan fingerprint density at radius 2 is 2.10 bits per heavy atom. The summed E-state index contributed by atoms with van der Waals surface area (Å²) in [4.78, 5) is 14.4. The molecule has 0 aliphatic carbocycles. The molecule has 2 heterocycles. The van der Waals surface area contributed by atoms with E-state index in [0.717, 1.165) is 17.7 Å². The van der Waals surface area contributed by atoms with Gasteiger partial charge in [-0.15, -0.1) is 0 Å². The van der Waals surface area contributed by atoms with E-state index in [1.54, 1.807) is 23.6 Å². The Balaban J connectivity index is 1.78. The van der Waals surface area contributed by atoms with Crippen LogP contribution in [-0.4, -0.2) is 41.4 Å². The lowest BCUT2D eigenvalue weighted by Gasteiger charge is -2.24. The van der Waals surface area contributed by atoms with Crippen LogP contribution in [0.4, 0.5) is 23.7 Å².